The number of hydrogen-bond donors (Lipinski definition) is 0. The first-order valence-electron chi connectivity index (χ1n) is 8.60. The van der Waals surface area contributed by atoms with Crippen LogP contribution in [-0.4, -0.2) is 25.0 Å². The van der Waals surface area contributed by atoms with Crippen LogP contribution in [-0.2, 0) is 0 Å². The number of hydrogen-bond acceptors (Lipinski definition) is 1. The SMILES string of the molecule is Cc1ccc(N=C([As](c2ccccc2)[Si](C)(C)C)C(C)(C)C)cc1. The van der Waals surface area contributed by atoms with Crippen LogP contribution in [0, 0.1) is 12.3 Å². The van der Waals surface area contributed by atoms with E-state index in [0.29, 0.717) is 0 Å². The van der Waals surface area contributed by atoms with Crippen molar-refractivity contribution in [2.75, 3.05) is 0 Å². The Morgan fingerprint density at radius 2 is 1.42 bits per heavy atom. The van der Waals surface area contributed by atoms with E-state index >= 15 is 0 Å². The summed E-state index contributed by atoms with van der Waals surface area (Å²) in [6.07, 6.45) is 0. The summed E-state index contributed by atoms with van der Waals surface area (Å²) in [5.74, 6) is 0. The van der Waals surface area contributed by atoms with Gasteiger partial charge in [-0.1, -0.05) is 0 Å². The van der Waals surface area contributed by atoms with Crippen molar-refractivity contribution >= 4 is 35.1 Å². The average molecular weight is 399 g/mol. The molecule has 0 aliphatic heterocycles. The van der Waals surface area contributed by atoms with Crippen molar-refractivity contribution in [2.24, 2.45) is 10.4 Å². The topological polar surface area (TPSA) is 12.4 Å². The van der Waals surface area contributed by atoms with E-state index in [-0.39, 0.29) is 5.41 Å². The van der Waals surface area contributed by atoms with Crippen molar-refractivity contribution in [3.05, 3.63) is 60.2 Å². The second-order valence-corrected chi connectivity index (χ2v) is 26.9. The molecule has 0 radical (unpaired) electrons. The Kier molecular flexibility index (Phi) is 5.93. The molecule has 0 bridgehead atoms. The van der Waals surface area contributed by atoms with E-state index in [0.717, 1.165) is 5.69 Å². The Morgan fingerprint density at radius 3 is 1.88 bits per heavy atom. The number of rotatable bonds is 4. The van der Waals surface area contributed by atoms with Crippen LogP contribution in [0.5, 0.6) is 0 Å². The Morgan fingerprint density at radius 1 is 0.875 bits per heavy atom. The van der Waals surface area contributed by atoms with Gasteiger partial charge < -0.3 is 0 Å². The quantitative estimate of drug-likeness (QED) is 0.477. The molecule has 0 aliphatic carbocycles. The fourth-order valence-corrected chi connectivity index (χ4v) is 19.1. The molecule has 24 heavy (non-hydrogen) atoms. The Bertz CT molecular complexity index is 691. The van der Waals surface area contributed by atoms with Crippen LogP contribution in [0.25, 0.3) is 0 Å². The van der Waals surface area contributed by atoms with Crippen LogP contribution in [0.1, 0.15) is 26.3 Å². The second-order valence-electron chi connectivity index (χ2n) is 8.36. The molecule has 0 fully saturated rings. The molecule has 2 rings (SSSR count). The first-order chi connectivity index (χ1) is 11.1. The van der Waals surface area contributed by atoms with Crippen LogP contribution in [0.4, 0.5) is 5.69 Å². The summed E-state index contributed by atoms with van der Waals surface area (Å²) in [6, 6.07) is 19.8. The number of nitrogens with zero attached hydrogens (tertiary/aromatic N) is 1. The number of aryl methyl sites for hydroxylation is 1. The van der Waals surface area contributed by atoms with Crippen LogP contribution in [0.15, 0.2) is 59.6 Å². The van der Waals surface area contributed by atoms with Gasteiger partial charge in [0.25, 0.3) is 0 Å². The molecule has 0 spiro atoms. The van der Waals surface area contributed by atoms with Gasteiger partial charge in [-0.15, -0.1) is 0 Å². The Labute approximate surface area is 152 Å². The molecule has 0 aliphatic rings. The summed E-state index contributed by atoms with van der Waals surface area (Å²) in [6.45, 7) is 15.3. The van der Waals surface area contributed by atoms with Gasteiger partial charge in [-0.05, 0) is 0 Å². The summed E-state index contributed by atoms with van der Waals surface area (Å²) in [5.41, 5.74) is 2.48. The molecule has 2 aromatic rings. The van der Waals surface area contributed by atoms with E-state index in [1.165, 1.54) is 10.1 Å². The molecule has 1 nitrogen and oxygen atoms in total. The predicted molar refractivity (Wildman–Crippen MR) is 113 cm³/mol. The fraction of sp³-hybridized carbons (Fsp3) is 0.381. The molecule has 0 heterocycles. The van der Waals surface area contributed by atoms with Crippen LogP contribution >= 0.6 is 0 Å². The molecule has 128 valence electrons. The normalized spacial score (nSPS) is 14.5. The zero-order chi connectivity index (χ0) is 18.0. The van der Waals surface area contributed by atoms with Gasteiger partial charge in [-0.2, -0.15) is 0 Å². The van der Waals surface area contributed by atoms with Crippen LogP contribution in [0.2, 0.25) is 19.6 Å². The third-order valence-corrected chi connectivity index (χ3v) is 20.3. The van der Waals surface area contributed by atoms with Gasteiger partial charge in [-0.25, -0.2) is 0 Å². The van der Waals surface area contributed by atoms with Gasteiger partial charge >= 0.3 is 153 Å². The molecule has 0 aromatic heterocycles. The van der Waals surface area contributed by atoms with E-state index in [4.69, 9.17) is 4.99 Å². The van der Waals surface area contributed by atoms with Gasteiger partial charge in [0.1, 0.15) is 0 Å². The molecule has 2 aromatic carbocycles. The summed E-state index contributed by atoms with van der Waals surface area (Å²) >= 11 is -1.40. The molecular weight excluding hydrogens is 369 g/mol. The van der Waals surface area contributed by atoms with Gasteiger partial charge in [-0.3, -0.25) is 0 Å². The van der Waals surface area contributed by atoms with Gasteiger partial charge in [0.15, 0.2) is 0 Å². The minimum absolute atomic E-state index is 0.0982. The molecule has 0 saturated carbocycles. The van der Waals surface area contributed by atoms with Gasteiger partial charge in [0, 0.05) is 0 Å². The zero-order valence-corrected chi connectivity index (χ0v) is 19.0. The van der Waals surface area contributed by atoms with Crippen molar-refractivity contribution < 1.29 is 0 Å². The maximum atomic E-state index is 5.23. The zero-order valence-electron chi connectivity index (χ0n) is 16.1. The standard InChI is InChI=1S/C21H30AsNSi/c1-17-13-15-19(16-14-17)23-20(21(2,3)4)22(24(5,6)7)18-11-9-8-10-12-18/h8-16H,1-7H3. The fourth-order valence-electron chi connectivity index (χ4n) is 2.70. The molecule has 0 saturated heterocycles. The molecule has 1 atom stereocenters. The third kappa shape index (κ3) is 4.94. The third-order valence-electron chi connectivity index (χ3n) is 3.84. The summed E-state index contributed by atoms with van der Waals surface area (Å²) < 4.78 is 2.99. The van der Waals surface area contributed by atoms with E-state index in [1.54, 1.807) is 4.35 Å². The van der Waals surface area contributed by atoms with Crippen molar-refractivity contribution in [3.63, 3.8) is 0 Å². The predicted octanol–water partition coefficient (Wildman–Crippen LogP) is 5.47. The van der Waals surface area contributed by atoms with E-state index in [1.807, 2.05) is 0 Å². The Hall–Kier alpha value is -1.11. The molecule has 3 heteroatoms. The first-order valence-corrected chi connectivity index (χ1v) is 16.7. The second kappa shape index (κ2) is 7.41. The van der Waals surface area contributed by atoms with E-state index in [2.05, 4.69) is 102 Å². The van der Waals surface area contributed by atoms with Crippen molar-refractivity contribution in [2.45, 2.75) is 47.3 Å². The maximum absolute atomic E-state index is 5.23. The Balaban J connectivity index is 2.61. The van der Waals surface area contributed by atoms with E-state index < -0.39 is 20.5 Å². The van der Waals surface area contributed by atoms with Crippen molar-refractivity contribution in [1.82, 2.24) is 0 Å². The van der Waals surface area contributed by atoms with Gasteiger partial charge in [0.05, 0.1) is 0 Å². The molecular formula is C21H30AsNSi. The molecule has 0 amide bonds. The first kappa shape index (κ1) is 19.2. The summed E-state index contributed by atoms with van der Waals surface area (Å²) in [5, 5.41) is 0. The number of benzene rings is 2. The summed E-state index contributed by atoms with van der Waals surface area (Å²) in [4.78, 5) is 5.23. The molecule has 0 N–H and O–H groups in total. The van der Waals surface area contributed by atoms with Gasteiger partial charge in [0.2, 0.25) is 0 Å². The monoisotopic (exact) mass is 399 g/mol. The van der Waals surface area contributed by atoms with Crippen molar-refractivity contribution in [3.8, 4) is 0 Å². The van der Waals surface area contributed by atoms with Crippen LogP contribution in [0.3, 0.4) is 0 Å². The average Bonchev–Trinajstić information content (AvgIpc) is 2.47. The van der Waals surface area contributed by atoms with E-state index in [9.17, 15) is 0 Å². The number of aliphatic imine (C=N–C) groups is 1. The summed E-state index contributed by atoms with van der Waals surface area (Å²) in [7, 11) is 0. The van der Waals surface area contributed by atoms with Crippen LogP contribution < -0.4 is 4.35 Å². The minimum atomic E-state index is -1.40. The van der Waals surface area contributed by atoms with Crippen molar-refractivity contribution in [1.29, 1.82) is 0 Å². The molecule has 1 unspecified atom stereocenters.